The first kappa shape index (κ1) is 18.4. The fraction of sp³-hybridized carbons (Fsp3) is 0.429. The third-order valence-electron chi connectivity index (χ3n) is 3.06. The number of hydrogen-bond donors (Lipinski definition) is 2. The van der Waals surface area contributed by atoms with E-state index in [1.54, 1.807) is 14.0 Å². The predicted molar refractivity (Wildman–Crippen MR) is 81.4 cm³/mol. The fourth-order valence-electron chi connectivity index (χ4n) is 1.58. The van der Waals surface area contributed by atoms with Crippen LogP contribution in [0.5, 0.6) is 0 Å². The van der Waals surface area contributed by atoms with Crippen molar-refractivity contribution < 1.29 is 14.7 Å². The summed E-state index contributed by atoms with van der Waals surface area (Å²) in [6.07, 6.45) is 0.951. The van der Waals surface area contributed by atoms with Crippen LogP contribution in [0.2, 0.25) is 0 Å². The lowest BCUT2D eigenvalue weighted by Crippen LogP contribution is -2.40. The van der Waals surface area contributed by atoms with Crippen LogP contribution in [0.15, 0.2) is 24.3 Å². The number of carbonyl (C=O) groups excluding carboxylic acids is 1. The van der Waals surface area contributed by atoms with Crippen LogP contribution in [0.3, 0.4) is 0 Å². The van der Waals surface area contributed by atoms with Gasteiger partial charge in [0.2, 0.25) is 5.91 Å². The highest BCUT2D eigenvalue weighted by molar-refractivity contribution is 5.92. The number of carbonyl (C=O) groups is 2. The van der Waals surface area contributed by atoms with Crippen molar-refractivity contribution in [3.8, 4) is 0 Å². The van der Waals surface area contributed by atoms with Gasteiger partial charge >= 0.3 is 5.97 Å². The first-order valence-corrected chi connectivity index (χ1v) is 6.26. The predicted octanol–water partition coefficient (Wildman–Crippen LogP) is 2.01. The molecule has 0 radical (unpaired) electrons. The third-order valence-corrected chi connectivity index (χ3v) is 3.06. The minimum atomic E-state index is -0.942. The van der Waals surface area contributed by atoms with Crippen LogP contribution in [-0.4, -0.2) is 41.5 Å². The molecular formula is C14H21ClN2O3. The van der Waals surface area contributed by atoms with Crippen molar-refractivity contribution in [3.63, 3.8) is 0 Å². The zero-order valence-electron chi connectivity index (χ0n) is 11.9. The topological polar surface area (TPSA) is 69.6 Å². The number of carboxylic acid groups (broad SMARTS) is 1. The lowest BCUT2D eigenvalue weighted by atomic mass is 10.1. The smallest absolute Gasteiger partial charge is 0.320 e. The van der Waals surface area contributed by atoms with Gasteiger partial charge in [-0.25, -0.2) is 0 Å². The maximum Gasteiger partial charge on any atom is 0.320 e. The molecule has 112 valence electrons. The van der Waals surface area contributed by atoms with Gasteiger partial charge < -0.3 is 10.4 Å². The van der Waals surface area contributed by atoms with Gasteiger partial charge in [0.1, 0.15) is 6.04 Å². The number of benzene rings is 1. The van der Waals surface area contributed by atoms with Crippen molar-refractivity contribution in [3.05, 3.63) is 29.8 Å². The number of aryl methyl sites for hydroxylation is 1. The van der Waals surface area contributed by atoms with Crippen LogP contribution >= 0.6 is 12.4 Å². The number of hydrogen-bond acceptors (Lipinski definition) is 3. The fourth-order valence-corrected chi connectivity index (χ4v) is 1.58. The number of nitrogens with one attached hydrogen (secondary N) is 1. The summed E-state index contributed by atoms with van der Waals surface area (Å²) in [6, 6.07) is 6.92. The summed E-state index contributed by atoms with van der Waals surface area (Å²) in [7, 11) is 1.61. The van der Waals surface area contributed by atoms with E-state index in [0.29, 0.717) is 0 Å². The minimum Gasteiger partial charge on any atom is -0.480 e. The molecule has 1 unspecified atom stereocenters. The summed E-state index contributed by atoms with van der Waals surface area (Å²) in [5.74, 6) is -1.16. The van der Waals surface area contributed by atoms with E-state index in [4.69, 9.17) is 5.11 Å². The van der Waals surface area contributed by atoms with Crippen molar-refractivity contribution in [2.75, 3.05) is 18.9 Å². The molecule has 0 aliphatic carbocycles. The number of nitrogens with zero attached hydrogens (tertiary/aromatic N) is 1. The molecule has 1 amide bonds. The second-order valence-corrected chi connectivity index (χ2v) is 4.53. The van der Waals surface area contributed by atoms with Gasteiger partial charge in [0, 0.05) is 5.69 Å². The Labute approximate surface area is 125 Å². The molecule has 6 heteroatoms. The number of anilines is 1. The van der Waals surface area contributed by atoms with Crippen LogP contribution in [0.4, 0.5) is 5.69 Å². The number of halogens is 1. The van der Waals surface area contributed by atoms with Gasteiger partial charge in [0.15, 0.2) is 0 Å². The molecule has 1 atom stereocenters. The molecule has 0 aliphatic rings. The average Bonchev–Trinajstić information content (AvgIpc) is 2.38. The monoisotopic (exact) mass is 300 g/mol. The first-order chi connectivity index (χ1) is 8.93. The molecule has 0 aromatic heterocycles. The summed E-state index contributed by atoms with van der Waals surface area (Å²) in [6.45, 7) is 3.66. The lowest BCUT2D eigenvalue weighted by Gasteiger charge is -2.20. The molecule has 2 N–H and O–H groups in total. The number of aliphatic carboxylic acids is 1. The minimum absolute atomic E-state index is 0. The Kier molecular flexibility index (Phi) is 7.87. The van der Waals surface area contributed by atoms with Crippen molar-refractivity contribution in [1.29, 1.82) is 0 Å². The second kappa shape index (κ2) is 8.55. The van der Waals surface area contributed by atoms with Gasteiger partial charge in [0.05, 0.1) is 6.54 Å². The zero-order chi connectivity index (χ0) is 14.4. The van der Waals surface area contributed by atoms with Gasteiger partial charge in [-0.1, -0.05) is 19.1 Å². The van der Waals surface area contributed by atoms with E-state index >= 15 is 0 Å². The van der Waals surface area contributed by atoms with Crippen molar-refractivity contribution in [2.24, 2.45) is 0 Å². The molecule has 0 heterocycles. The van der Waals surface area contributed by atoms with E-state index in [1.165, 1.54) is 10.5 Å². The number of likely N-dealkylation sites (N-methyl/N-ethyl adjacent to an activating group) is 1. The molecule has 5 nitrogen and oxygen atoms in total. The highest BCUT2D eigenvalue weighted by Gasteiger charge is 2.18. The van der Waals surface area contributed by atoms with Gasteiger partial charge in [-0.05, 0) is 38.1 Å². The number of amides is 1. The van der Waals surface area contributed by atoms with Crippen molar-refractivity contribution >= 4 is 30.0 Å². The Morgan fingerprint density at radius 2 is 1.85 bits per heavy atom. The van der Waals surface area contributed by atoms with E-state index in [1.807, 2.05) is 24.3 Å². The van der Waals surface area contributed by atoms with Crippen molar-refractivity contribution in [1.82, 2.24) is 4.90 Å². The normalized spacial score (nSPS) is 11.6. The molecule has 0 spiro atoms. The van der Waals surface area contributed by atoms with Crippen LogP contribution < -0.4 is 5.32 Å². The van der Waals surface area contributed by atoms with E-state index < -0.39 is 12.0 Å². The Morgan fingerprint density at radius 1 is 1.30 bits per heavy atom. The molecule has 20 heavy (non-hydrogen) atoms. The van der Waals surface area contributed by atoms with E-state index in [0.717, 1.165) is 12.1 Å². The summed E-state index contributed by atoms with van der Waals surface area (Å²) >= 11 is 0. The molecule has 0 bridgehead atoms. The Morgan fingerprint density at radius 3 is 2.30 bits per heavy atom. The molecule has 0 aliphatic heterocycles. The van der Waals surface area contributed by atoms with Gasteiger partial charge in [-0.3, -0.25) is 14.5 Å². The van der Waals surface area contributed by atoms with E-state index in [-0.39, 0.29) is 24.9 Å². The Balaban J connectivity index is 0.00000361. The number of rotatable bonds is 6. The van der Waals surface area contributed by atoms with Crippen LogP contribution in [0.25, 0.3) is 0 Å². The van der Waals surface area contributed by atoms with E-state index in [9.17, 15) is 9.59 Å². The molecule has 1 rings (SSSR count). The lowest BCUT2D eigenvalue weighted by molar-refractivity contribution is -0.142. The summed E-state index contributed by atoms with van der Waals surface area (Å²) < 4.78 is 0. The van der Waals surface area contributed by atoms with Crippen LogP contribution in [-0.2, 0) is 16.0 Å². The molecule has 1 aromatic carbocycles. The van der Waals surface area contributed by atoms with Gasteiger partial charge in [-0.2, -0.15) is 0 Å². The number of carboxylic acids is 1. The largest absolute Gasteiger partial charge is 0.480 e. The molecule has 1 aromatic rings. The standard InChI is InChI=1S/C14H20N2O3.ClH/c1-4-11-5-7-12(8-6-11)15-13(17)9-16(3)10(2)14(18)19;/h5-8,10H,4,9H2,1-3H3,(H,15,17)(H,18,19);1H. The third kappa shape index (κ3) is 5.59. The first-order valence-electron chi connectivity index (χ1n) is 6.26. The quantitative estimate of drug-likeness (QED) is 0.843. The maximum atomic E-state index is 11.8. The average molecular weight is 301 g/mol. The second-order valence-electron chi connectivity index (χ2n) is 4.53. The van der Waals surface area contributed by atoms with Gasteiger partial charge in [0.25, 0.3) is 0 Å². The van der Waals surface area contributed by atoms with Crippen molar-refractivity contribution in [2.45, 2.75) is 26.3 Å². The SMILES string of the molecule is CCc1ccc(NC(=O)CN(C)C(C)C(=O)O)cc1.Cl. The summed E-state index contributed by atoms with van der Waals surface area (Å²) in [5, 5.41) is 11.6. The molecule has 0 fully saturated rings. The highest BCUT2D eigenvalue weighted by Crippen LogP contribution is 2.10. The molecule has 0 saturated carbocycles. The van der Waals surface area contributed by atoms with Crippen LogP contribution in [0.1, 0.15) is 19.4 Å². The van der Waals surface area contributed by atoms with Crippen LogP contribution in [0, 0.1) is 0 Å². The summed E-state index contributed by atoms with van der Waals surface area (Å²) in [5.41, 5.74) is 1.92. The summed E-state index contributed by atoms with van der Waals surface area (Å²) in [4.78, 5) is 24.0. The van der Waals surface area contributed by atoms with E-state index in [2.05, 4.69) is 12.2 Å². The Hall–Kier alpha value is -1.59. The molecule has 0 saturated heterocycles. The zero-order valence-corrected chi connectivity index (χ0v) is 12.7. The maximum absolute atomic E-state index is 11.8. The van der Waals surface area contributed by atoms with Gasteiger partial charge in [-0.15, -0.1) is 12.4 Å². The molecular weight excluding hydrogens is 280 g/mol. The highest BCUT2D eigenvalue weighted by atomic mass is 35.5. The Bertz CT molecular complexity index is 448.